The molecule has 0 spiro atoms. The number of rotatable bonds is 2. The van der Waals surface area contributed by atoms with E-state index in [1.165, 1.54) is 6.08 Å². The lowest BCUT2D eigenvalue weighted by molar-refractivity contribution is -0.111. The van der Waals surface area contributed by atoms with Crippen molar-refractivity contribution in [3.8, 4) is 0 Å². The molecule has 0 fully saturated rings. The third kappa shape index (κ3) is 4.17. The van der Waals surface area contributed by atoms with Crippen LogP contribution in [0.3, 0.4) is 0 Å². The maximum absolute atomic E-state index is 11.6. The number of benzene rings is 1. The number of nitrogens with one attached hydrogen (secondary N) is 1. The summed E-state index contributed by atoms with van der Waals surface area (Å²) in [5, 5.41) is 2.73. The minimum atomic E-state index is -0.159. The zero-order valence-electron chi connectivity index (χ0n) is 9.95. The fourth-order valence-corrected chi connectivity index (χ4v) is 1.11. The van der Waals surface area contributed by atoms with Crippen molar-refractivity contribution < 1.29 is 4.79 Å². The quantitative estimate of drug-likeness (QED) is 0.592. The maximum Gasteiger partial charge on any atom is 0.248 e. The first-order valence-corrected chi connectivity index (χ1v) is 5.23. The van der Waals surface area contributed by atoms with Crippen molar-refractivity contribution in [1.29, 1.82) is 0 Å². The number of carbonyl (C=O) groups excluding carboxylic acids is 1. The van der Waals surface area contributed by atoms with Gasteiger partial charge in [0.05, 0.1) is 11.4 Å². The highest BCUT2D eigenvalue weighted by molar-refractivity contribution is 6.01. The zero-order chi connectivity index (χ0) is 12.2. The molecule has 0 bridgehead atoms. The minimum Gasteiger partial charge on any atom is -0.397 e. The van der Waals surface area contributed by atoms with Gasteiger partial charge in [-0.1, -0.05) is 39.0 Å². The number of carbonyl (C=O) groups is 1. The first-order valence-electron chi connectivity index (χ1n) is 5.23. The first-order chi connectivity index (χ1) is 7.38. The molecule has 0 radical (unpaired) electrons. The lowest BCUT2D eigenvalue weighted by atomic mass is 9.96. The summed E-state index contributed by atoms with van der Waals surface area (Å²) in [4.78, 5) is 11.6. The number of hydrogen-bond donors (Lipinski definition) is 2. The summed E-state index contributed by atoms with van der Waals surface area (Å²) in [7, 11) is 0. The summed E-state index contributed by atoms with van der Waals surface area (Å²) in [6, 6.07) is 7.19. The molecule has 86 valence electrons. The molecule has 1 amide bonds. The molecule has 0 saturated heterocycles. The number of hydrogen-bond acceptors (Lipinski definition) is 2. The van der Waals surface area contributed by atoms with Gasteiger partial charge in [0.1, 0.15) is 0 Å². The summed E-state index contributed by atoms with van der Waals surface area (Å²) < 4.78 is 0. The number of amides is 1. The van der Waals surface area contributed by atoms with E-state index in [-0.39, 0.29) is 11.3 Å². The smallest absolute Gasteiger partial charge is 0.248 e. The van der Waals surface area contributed by atoms with E-state index < -0.39 is 0 Å². The number of para-hydroxylation sites is 2. The van der Waals surface area contributed by atoms with Crippen LogP contribution in [0.4, 0.5) is 11.4 Å². The van der Waals surface area contributed by atoms with Crippen molar-refractivity contribution in [2.75, 3.05) is 11.1 Å². The van der Waals surface area contributed by atoms with Crippen LogP contribution in [0, 0.1) is 5.41 Å². The van der Waals surface area contributed by atoms with Gasteiger partial charge in [-0.05, 0) is 23.6 Å². The Balaban J connectivity index is 2.66. The molecular weight excluding hydrogens is 200 g/mol. The van der Waals surface area contributed by atoms with Crippen molar-refractivity contribution in [3.05, 3.63) is 36.4 Å². The van der Waals surface area contributed by atoms with Gasteiger partial charge in [0.25, 0.3) is 0 Å². The van der Waals surface area contributed by atoms with E-state index >= 15 is 0 Å². The third-order valence-corrected chi connectivity index (χ3v) is 1.95. The zero-order valence-corrected chi connectivity index (χ0v) is 9.95. The average Bonchev–Trinajstić information content (AvgIpc) is 2.18. The molecule has 0 saturated carbocycles. The predicted octanol–water partition coefficient (Wildman–Crippen LogP) is 2.81. The molecule has 16 heavy (non-hydrogen) atoms. The van der Waals surface area contributed by atoms with Crippen LogP contribution in [0.25, 0.3) is 0 Å². The van der Waals surface area contributed by atoms with E-state index in [1.54, 1.807) is 12.1 Å². The SMILES string of the molecule is CC(C)(C)/C=C/C(=O)Nc1ccccc1N. The molecule has 3 nitrogen and oxygen atoms in total. The topological polar surface area (TPSA) is 55.1 Å². The number of allylic oxidation sites excluding steroid dienone is 1. The molecule has 1 rings (SSSR count). The molecule has 1 aromatic rings. The molecule has 3 heteroatoms. The van der Waals surface area contributed by atoms with E-state index in [2.05, 4.69) is 5.32 Å². The van der Waals surface area contributed by atoms with Crippen LogP contribution in [0.2, 0.25) is 0 Å². The van der Waals surface area contributed by atoms with Crippen LogP contribution in [0.1, 0.15) is 20.8 Å². The van der Waals surface area contributed by atoms with Gasteiger partial charge in [-0.25, -0.2) is 0 Å². The highest BCUT2D eigenvalue weighted by atomic mass is 16.1. The maximum atomic E-state index is 11.6. The Morgan fingerprint density at radius 2 is 1.94 bits per heavy atom. The van der Waals surface area contributed by atoms with Gasteiger partial charge in [0.15, 0.2) is 0 Å². The second-order valence-electron chi connectivity index (χ2n) is 4.78. The highest BCUT2D eigenvalue weighted by Gasteiger charge is 2.06. The van der Waals surface area contributed by atoms with Gasteiger partial charge < -0.3 is 11.1 Å². The van der Waals surface area contributed by atoms with Gasteiger partial charge in [-0.3, -0.25) is 4.79 Å². The van der Waals surface area contributed by atoms with Crippen molar-refractivity contribution >= 4 is 17.3 Å². The molecule has 0 aliphatic rings. The van der Waals surface area contributed by atoms with E-state index in [0.29, 0.717) is 11.4 Å². The van der Waals surface area contributed by atoms with Gasteiger partial charge in [0, 0.05) is 0 Å². The second kappa shape index (κ2) is 4.84. The molecule has 0 aromatic heterocycles. The molecule has 0 atom stereocenters. The fraction of sp³-hybridized carbons (Fsp3) is 0.308. The van der Waals surface area contributed by atoms with Crippen molar-refractivity contribution in [3.63, 3.8) is 0 Å². The van der Waals surface area contributed by atoms with Gasteiger partial charge in [0.2, 0.25) is 5.91 Å². The van der Waals surface area contributed by atoms with Crippen LogP contribution < -0.4 is 11.1 Å². The van der Waals surface area contributed by atoms with E-state index in [0.717, 1.165) is 0 Å². The fourth-order valence-electron chi connectivity index (χ4n) is 1.11. The molecular formula is C13H18N2O. The lowest BCUT2D eigenvalue weighted by Crippen LogP contribution is -2.11. The summed E-state index contributed by atoms with van der Waals surface area (Å²) in [6.07, 6.45) is 3.40. The second-order valence-corrected chi connectivity index (χ2v) is 4.78. The molecule has 0 aliphatic carbocycles. The Kier molecular flexibility index (Phi) is 3.72. The Morgan fingerprint density at radius 1 is 1.31 bits per heavy atom. The van der Waals surface area contributed by atoms with Crippen LogP contribution in [-0.4, -0.2) is 5.91 Å². The van der Waals surface area contributed by atoms with E-state index in [9.17, 15) is 4.79 Å². The predicted molar refractivity (Wildman–Crippen MR) is 68.1 cm³/mol. The third-order valence-electron chi connectivity index (χ3n) is 1.95. The van der Waals surface area contributed by atoms with Gasteiger partial charge >= 0.3 is 0 Å². The Hall–Kier alpha value is -1.77. The van der Waals surface area contributed by atoms with Crippen LogP contribution >= 0.6 is 0 Å². The molecule has 1 aromatic carbocycles. The average molecular weight is 218 g/mol. The minimum absolute atomic E-state index is 0.000424. The van der Waals surface area contributed by atoms with Crippen molar-refractivity contribution in [2.24, 2.45) is 5.41 Å². The van der Waals surface area contributed by atoms with Crippen LogP contribution in [-0.2, 0) is 4.79 Å². The van der Waals surface area contributed by atoms with E-state index in [1.807, 2.05) is 39.0 Å². The van der Waals surface area contributed by atoms with Gasteiger partial charge in [-0.15, -0.1) is 0 Å². The molecule has 0 aliphatic heterocycles. The number of nitrogens with two attached hydrogens (primary N) is 1. The van der Waals surface area contributed by atoms with Gasteiger partial charge in [-0.2, -0.15) is 0 Å². The van der Waals surface area contributed by atoms with Crippen molar-refractivity contribution in [2.45, 2.75) is 20.8 Å². The largest absolute Gasteiger partial charge is 0.397 e. The molecule has 3 N–H and O–H groups in total. The summed E-state index contributed by atoms with van der Waals surface area (Å²) >= 11 is 0. The highest BCUT2D eigenvalue weighted by Crippen LogP contribution is 2.17. The monoisotopic (exact) mass is 218 g/mol. The van der Waals surface area contributed by atoms with Crippen LogP contribution in [0.15, 0.2) is 36.4 Å². The summed E-state index contributed by atoms with van der Waals surface area (Å²) in [5.41, 5.74) is 6.93. The first kappa shape index (κ1) is 12.3. The standard InChI is InChI=1S/C13H18N2O/c1-13(2,3)9-8-12(16)15-11-7-5-4-6-10(11)14/h4-9H,14H2,1-3H3,(H,15,16)/b9-8+. The summed E-state index contributed by atoms with van der Waals surface area (Å²) in [6.45, 7) is 6.11. The van der Waals surface area contributed by atoms with E-state index in [4.69, 9.17) is 5.73 Å². The lowest BCUT2D eigenvalue weighted by Gasteiger charge is -2.11. The molecule has 0 heterocycles. The van der Waals surface area contributed by atoms with Crippen molar-refractivity contribution in [1.82, 2.24) is 0 Å². The Labute approximate surface area is 96.3 Å². The summed E-state index contributed by atoms with van der Waals surface area (Å²) in [5.74, 6) is -0.159. The normalized spacial score (nSPS) is 11.7. The number of anilines is 2. The molecule has 0 unspecified atom stereocenters. The van der Waals surface area contributed by atoms with Crippen LogP contribution in [0.5, 0.6) is 0 Å². The Morgan fingerprint density at radius 3 is 2.50 bits per heavy atom. The Bertz CT molecular complexity index is 403. The number of nitrogen functional groups attached to an aromatic ring is 1.